The van der Waals surface area contributed by atoms with Crippen molar-refractivity contribution in [1.29, 1.82) is 0 Å². The van der Waals surface area contributed by atoms with Crippen LogP contribution in [0.3, 0.4) is 0 Å². The van der Waals surface area contributed by atoms with Crippen LogP contribution < -0.4 is 8.92 Å². The largest absolute Gasteiger partial charge is 0.490 e. The minimum absolute atomic E-state index is 0.0949. The maximum absolute atomic E-state index is 12.8. The molecule has 0 saturated carbocycles. The fourth-order valence-corrected chi connectivity index (χ4v) is 4.68. The van der Waals surface area contributed by atoms with E-state index in [9.17, 15) is 8.42 Å². The molecule has 0 bridgehead atoms. The van der Waals surface area contributed by atoms with E-state index in [1.54, 1.807) is 24.4 Å². The van der Waals surface area contributed by atoms with Crippen molar-refractivity contribution in [2.45, 2.75) is 32.1 Å². The molecule has 31 heavy (non-hydrogen) atoms. The van der Waals surface area contributed by atoms with E-state index in [-0.39, 0.29) is 10.6 Å². The van der Waals surface area contributed by atoms with Crippen LogP contribution in [0.25, 0.3) is 0 Å². The third-order valence-corrected chi connectivity index (χ3v) is 6.58. The third kappa shape index (κ3) is 6.07. The highest BCUT2D eigenvalue weighted by atomic mass is 127. The number of hydrogen-bond acceptors (Lipinski definition) is 5. The number of ether oxygens (including phenoxy) is 1. The molecular weight excluding hydrogens is 525 g/mol. The van der Waals surface area contributed by atoms with Gasteiger partial charge in [-0.05, 0) is 90.4 Å². The summed E-state index contributed by atoms with van der Waals surface area (Å²) in [6.07, 6.45) is 2.71. The van der Waals surface area contributed by atoms with Crippen molar-refractivity contribution in [2.24, 2.45) is 4.99 Å². The Morgan fingerprint density at radius 2 is 1.68 bits per heavy atom. The molecule has 3 aromatic carbocycles. The van der Waals surface area contributed by atoms with E-state index >= 15 is 0 Å². The Morgan fingerprint density at radius 1 is 1.00 bits per heavy atom. The lowest BCUT2D eigenvalue weighted by Crippen LogP contribution is -2.12. The maximum Gasteiger partial charge on any atom is 0.339 e. The quantitative estimate of drug-likeness (QED) is 0.194. The van der Waals surface area contributed by atoms with Crippen LogP contribution in [0.15, 0.2) is 70.6 Å². The number of hydrogen-bond donors (Lipinski definition) is 0. The number of halogens is 1. The van der Waals surface area contributed by atoms with Gasteiger partial charge in [0.1, 0.15) is 4.90 Å². The van der Waals surface area contributed by atoms with Crippen LogP contribution in [0.5, 0.6) is 11.5 Å². The van der Waals surface area contributed by atoms with E-state index in [0.717, 1.165) is 23.2 Å². The molecule has 0 saturated heterocycles. The molecule has 0 heterocycles. The Labute approximate surface area is 197 Å². The van der Waals surface area contributed by atoms with Gasteiger partial charge in [-0.1, -0.05) is 36.8 Å². The fourth-order valence-electron chi connectivity index (χ4n) is 2.84. The SMILES string of the molecule is CCOc1cc(C=Nc2ccc(CC)cc2)cc(I)c1OS(=O)(=O)c1ccc(C)cc1. The van der Waals surface area contributed by atoms with Crippen molar-refractivity contribution in [3.63, 3.8) is 0 Å². The highest BCUT2D eigenvalue weighted by Gasteiger charge is 2.22. The van der Waals surface area contributed by atoms with Crippen LogP contribution in [0.1, 0.15) is 30.5 Å². The molecule has 0 N–H and O–H groups in total. The van der Waals surface area contributed by atoms with Gasteiger partial charge in [0.2, 0.25) is 0 Å². The van der Waals surface area contributed by atoms with E-state index in [2.05, 4.69) is 24.0 Å². The summed E-state index contributed by atoms with van der Waals surface area (Å²) in [7, 11) is -3.99. The zero-order valence-electron chi connectivity index (χ0n) is 17.6. The monoisotopic (exact) mass is 549 g/mol. The van der Waals surface area contributed by atoms with Crippen molar-refractivity contribution in [3.8, 4) is 11.5 Å². The van der Waals surface area contributed by atoms with Crippen molar-refractivity contribution in [1.82, 2.24) is 0 Å². The van der Waals surface area contributed by atoms with Crippen LogP contribution in [0, 0.1) is 10.5 Å². The van der Waals surface area contributed by atoms with E-state index in [1.807, 2.05) is 54.6 Å². The van der Waals surface area contributed by atoms with Gasteiger partial charge in [-0.15, -0.1) is 0 Å². The lowest BCUT2D eigenvalue weighted by molar-refractivity contribution is 0.327. The molecule has 0 aliphatic carbocycles. The summed E-state index contributed by atoms with van der Waals surface area (Å²) in [6, 6.07) is 18.1. The third-order valence-electron chi connectivity index (χ3n) is 4.54. The second-order valence-corrected chi connectivity index (χ2v) is 9.60. The molecule has 7 heteroatoms. The van der Waals surface area contributed by atoms with Crippen LogP contribution in [-0.2, 0) is 16.5 Å². The molecule has 0 unspecified atom stereocenters. The van der Waals surface area contributed by atoms with Gasteiger partial charge in [-0.25, -0.2) is 0 Å². The highest BCUT2D eigenvalue weighted by Crippen LogP contribution is 2.36. The molecule has 0 aliphatic heterocycles. The van der Waals surface area contributed by atoms with Crippen LogP contribution in [0.2, 0.25) is 0 Å². The average molecular weight is 549 g/mol. The van der Waals surface area contributed by atoms with E-state index < -0.39 is 10.1 Å². The molecule has 0 spiro atoms. The van der Waals surface area contributed by atoms with Gasteiger partial charge in [0.25, 0.3) is 0 Å². The van der Waals surface area contributed by atoms with Crippen LogP contribution in [-0.4, -0.2) is 21.2 Å². The topological polar surface area (TPSA) is 65.0 Å². The summed E-state index contributed by atoms with van der Waals surface area (Å²) in [6.45, 7) is 6.21. The predicted molar refractivity (Wildman–Crippen MR) is 132 cm³/mol. The lowest BCUT2D eigenvalue weighted by atomic mass is 10.1. The Balaban J connectivity index is 1.91. The Morgan fingerprint density at radius 3 is 2.29 bits per heavy atom. The van der Waals surface area contributed by atoms with Crippen molar-refractivity contribution >= 4 is 44.6 Å². The smallest absolute Gasteiger partial charge is 0.339 e. The predicted octanol–water partition coefficient (Wildman–Crippen LogP) is 6.08. The minimum Gasteiger partial charge on any atom is -0.490 e. The number of rotatable bonds is 8. The van der Waals surface area contributed by atoms with Crippen molar-refractivity contribution in [2.75, 3.05) is 6.61 Å². The maximum atomic E-state index is 12.8. The van der Waals surface area contributed by atoms with Crippen molar-refractivity contribution in [3.05, 3.63) is 80.9 Å². The van der Waals surface area contributed by atoms with Gasteiger partial charge in [-0.3, -0.25) is 4.99 Å². The fraction of sp³-hybridized carbons (Fsp3) is 0.208. The summed E-state index contributed by atoms with van der Waals surface area (Å²) >= 11 is 2.05. The summed E-state index contributed by atoms with van der Waals surface area (Å²) < 4.78 is 37.3. The van der Waals surface area contributed by atoms with Crippen molar-refractivity contribution < 1.29 is 17.3 Å². The molecule has 0 fully saturated rings. The minimum atomic E-state index is -3.99. The molecule has 3 aromatic rings. The van der Waals surface area contributed by atoms with E-state index in [0.29, 0.717) is 15.9 Å². The molecule has 0 aromatic heterocycles. The Bertz CT molecular complexity index is 1170. The zero-order chi connectivity index (χ0) is 22.4. The second-order valence-electron chi connectivity index (χ2n) is 6.89. The standard InChI is InChI=1S/C24H24INO4S/c1-4-18-8-10-20(11-9-18)26-16-19-14-22(25)24(23(15-19)29-5-2)30-31(27,28)21-12-6-17(3)7-13-21/h6-16H,4-5H2,1-3H3. The van der Waals surface area contributed by atoms with Crippen LogP contribution >= 0.6 is 22.6 Å². The molecule has 0 atom stereocenters. The second kappa shape index (κ2) is 10.3. The first-order valence-electron chi connectivity index (χ1n) is 9.93. The molecule has 162 valence electrons. The molecule has 5 nitrogen and oxygen atoms in total. The molecule has 0 radical (unpaired) electrons. The Kier molecular flexibility index (Phi) is 7.72. The lowest BCUT2D eigenvalue weighted by Gasteiger charge is -2.14. The van der Waals surface area contributed by atoms with Gasteiger partial charge in [0.15, 0.2) is 11.5 Å². The first kappa shape index (κ1) is 23.3. The number of nitrogens with zero attached hydrogens (tertiary/aromatic N) is 1. The Hall–Kier alpha value is -2.39. The van der Waals surface area contributed by atoms with Gasteiger partial charge in [0, 0.05) is 6.21 Å². The molecular formula is C24H24INO4S. The normalized spacial score (nSPS) is 11.6. The van der Waals surface area contributed by atoms with E-state index in [1.165, 1.54) is 17.7 Å². The number of aliphatic imine (C=N–C) groups is 1. The number of aryl methyl sites for hydroxylation is 2. The molecule has 0 aliphatic rings. The highest BCUT2D eigenvalue weighted by molar-refractivity contribution is 14.1. The first-order valence-corrected chi connectivity index (χ1v) is 12.4. The molecule has 0 amide bonds. The first-order chi connectivity index (χ1) is 14.8. The van der Waals surface area contributed by atoms with E-state index in [4.69, 9.17) is 8.92 Å². The average Bonchev–Trinajstić information content (AvgIpc) is 2.75. The summed E-state index contributed by atoms with van der Waals surface area (Å²) in [5.41, 5.74) is 3.85. The van der Waals surface area contributed by atoms with Gasteiger partial charge < -0.3 is 8.92 Å². The van der Waals surface area contributed by atoms with Crippen LogP contribution in [0.4, 0.5) is 5.69 Å². The van der Waals surface area contributed by atoms with Gasteiger partial charge in [-0.2, -0.15) is 8.42 Å². The zero-order valence-corrected chi connectivity index (χ0v) is 20.6. The summed E-state index contributed by atoms with van der Waals surface area (Å²) in [5, 5.41) is 0. The molecule has 3 rings (SSSR count). The summed E-state index contributed by atoms with van der Waals surface area (Å²) in [4.78, 5) is 4.61. The van der Waals surface area contributed by atoms with Gasteiger partial charge >= 0.3 is 10.1 Å². The van der Waals surface area contributed by atoms with Gasteiger partial charge in [0.05, 0.1) is 15.9 Å². The number of benzene rings is 3. The summed E-state index contributed by atoms with van der Waals surface area (Å²) in [5.74, 6) is 0.528.